The normalized spacial score (nSPS) is 10.5. The molecule has 6 nitrogen and oxygen atoms in total. The van der Waals surface area contributed by atoms with Crippen LogP contribution in [0.2, 0.25) is 0 Å². The van der Waals surface area contributed by atoms with Crippen LogP contribution in [0.5, 0.6) is 0 Å². The van der Waals surface area contributed by atoms with Gasteiger partial charge in [-0.1, -0.05) is 42.5 Å². The Labute approximate surface area is 149 Å². The molecule has 0 atom stereocenters. The highest BCUT2D eigenvalue weighted by atomic mass is 16.4. The average molecular weight is 348 g/mol. The molecular weight excluding hydrogens is 332 g/mol. The van der Waals surface area contributed by atoms with Crippen LogP contribution in [0.25, 0.3) is 22.3 Å². The number of rotatable bonds is 4. The Morgan fingerprint density at radius 2 is 1.38 bits per heavy atom. The van der Waals surface area contributed by atoms with E-state index < -0.39 is 11.9 Å². The lowest BCUT2D eigenvalue weighted by molar-refractivity contribution is 0.0687. The second-order valence-corrected chi connectivity index (χ2v) is 5.73. The zero-order valence-corrected chi connectivity index (χ0v) is 13.6. The fourth-order valence-electron chi connectivity index (χ4n) is 2.90. The van der Waals surface area contributed by atoms with Crippen LogP contribution >= 0.6 is 0 Å². The highest BCUT2D eigenvalue weighted by Gasteiger charge is 2.21. The van der Waals surface area contributed by atoms with Crippen LogP contribution in [0.4, 0.5) is 11.4 Å². The molecule has 6 heteroatoms. The topological polar surface area (TPSA) is 127 Å². The molecule has 0 bridgehead atoms. The number of anilines is 2. The first-order chi connectivity index (χ1) is 12.4. The van der Waals surface area contributed by atoms with Gasteiger partial charge in [0.1, 0.15) is 0 Å². The predicted octanol–water partition coefficient (Wildman–Crippen LogP) is 3.58. The molecule has 0 aliphatic carbocycles. The van der Waals surface area contributed by atoms with Gasteiger partial charge in [-0.3, -0.25) is 0 Å². The van der Waals surface area contributed by atoms with E-state index in [4.69, 9.17) is 11.5 Å². The van der Waals surface area contributed by atoms with Crippen molar-refractivity contribution in [3.05, 3.63) is 71.8 Å². The molecule has 3 rings (SSSR count). The number of nitrogen functional groups attached to an aromatic ring is 2. The number of carboxylic acid groups (broad SMARTS) is 2. The lowest BCUT2D eigenvalue weighted by atomic mass is 9.89. The molecule has 130 valence electrons. The molecule has 0 unspecified atom stereocenters. The van der Waals surface area contributed by atoms with Gasteiger partial charge in [0, 0.05) is 16.9 Å². The van der Waals surface area contributed by atoms with Crippen LogP contribution < -0.4 is 11.5 Å². The molecule has 3 aromatic carbocycles. The average Bonchev–Trinajstić information content (AvgIpc) is 2.62. The van der Waals surface area contributed by atoms with Crippen molar-refractivity contribution in [1.82, 2.24) is 0 Å². The molecule has 0 amide bonds. The summed E-state index contributed by atoms with van der Waals surface area (Å²) in [5, 5.41) is 19.0. The molecule has 0 saturated carbocycles. The molecule has 0 fully saturated rings. The summed E-state index contributed by atoms with van der Waals surface area (Å²) in [6, 6.07) is 16.7. The van der Waals surface area contributed by atoms with Crippen LogP contribution in [-0.4, -0.2) is 22.2 Å². The van der Waals surface area contributed by atoms with Gasteiger partial charge in [-0.05, 0) is 34.9 Å². The van der Waals surface area contributed by atoms with E-state index in [1.807, 2.05) is 6.07 Å². The summed E-state index contributed by atoms with van der Waals surface area (Å²) in [6.07, 6.45) is 0. The fourth-order valence-corrected chi connectivity index (χ4v) is 2.90. The van der Waals surface area contributed by atoms with Crippen molar-refractivity contribution in [2.24, 2.45) is 0 Å². The summed E-state index contributed by atoms with van der Waals surface area (Å²) in [4.78, 5) is 23.2. The fraction of sp³-hybridized carbons (Fsp3) is 0. The van der Waals surface area contributed by atoms with Crippen molar-refractivity contribution >= 4 is 23.3 Å². The second kappa shape index (κ2) is 6.60. The van der Waals surface area contributed by atoms with Crippen molar-refractivity contribution in [2.45, 2.75) is 0 Å². The molecule has 6 N–H and O–H groups in total. The maximum Gasteiger partial charge on any atom is 0.338 e. The van der Waals surface area contributed by atoms with Gasteiger partial charge in [-0.25, -0.2) is 9.59 Å². The largest absolute Gasteiger partial charge is 0.478 e. The highest BCUT2D eigenvalue weighted by Crippen LogP contribution is 2.38. The highest BCUT2D eigenvalue weighted by molar-refractivity contribution is 6.06. The van der Waals surface area contributed by atoms with E-state index in [2.05, 4.69) is 0 Å². The Balaban J connectivity index is 2.36. The Morgan fingerprint density at radius 1 is 0.731 bits per heavy atom. The standard InChI is InChI=1S/C20H16N2O4/c21-15-8-6-12(10-14(15)19(23)24)13-7-9-16(22)18(20(25)26)17(13)11-4-2-1-3-5-11/h1-10H,21-22H2,(H,23,24)(H,25,26). The summed E-state index contributed by atoms with van der Waals surface area (Å²) in [5.74, 6) is -2.31. The van der Waals surface area contributed by atoms with E-state index in [1.54, 1.807) is 36.4 Å². The maximum atomic E-state index is 11.8. The van der Waals surface area contributed by atoms with E-state index in [1.165, 1.54) is 18.2 Å². The second-order valence-electron chi connectivity index (χ2n) is 5.73. The maximum absolute atomic E-state index is 11.8. The van der Waals surface area contributed by atoms with Crippen molar-refractivity contribution < 1.29 is 19.8 Å². The lowest BCUT2D eigenvalue weighted by Gasteiger charge is -2.16. The zero-order valence-electron chi connectivity index (χ0n) is 13.6. The van der Waals surface area contributed by atoms with E-state index in [9.17, 15) is 19.8 Å². The SMILES string of the molecule is Nc1ccc(-c2ccc(N)c(C(=O)O)c2-c2ccccc2)cc1C(=O)O. The van der Waals surface area contributed by atoms with Gasteiger partial charge < -0.3 is 21.7 Å². The van der Waals surface area contributed by atoms with Gasteiger partial charge in [0.2, 0.25) is 0 Å². The smallest absolute Gasteiger partial charge is 0.338 e. The Hall–Kier alpha value is -3.80. The summed E-state index contributed by atoms with van der Waals surface area (Å²) in [5.41, 5.74) is 14.0. The molecule has 3 aromatic rings. The number of hydrogen-bond donors (Lipinski definition) is 4. The number of carboxylic acids is 2. The minimum Gasteiger partial charge on any atom is -0.478 e. The number of aromatic carboxylic acids is 2. The lowest BCUT2D eigenvalue weighted by Crippen LogP contribution is -2.07. The molecule has 0 saturated heterocycles. The van der Waals surface area contributed by atoms with Crippen molar-refractivity contribution in [1.29, 1.82) is 0 Å². The van der Waals surface area contributed by atoms with Crippen LogP contribution in [0, 0.1) is 0 Å². The Kier molecular flexibility index (Phi) is 4.33. The zero-order chi connectivity index (χ0) is 18.8. The number of carbonyl (C=O) groups is 2. The van der Waals surface area contributed by atoms with Crippen LogP contribution in [0.15, 0.2) is 60.7 Å². The first-order valence-electron chi connectivity index (χ1n) is 7.74. The Bertz CT molecular complexity index is 1010. The minimum absolute atomic E-state index is 0.0256. The third-order valence-electron chi connectivity index (χ3n) is 4.11. The van der Waals surface area contributed by atoms with Gasteiger partial charge in [-0.15, -0.1) is 0 Å². The van der Waals surface area contributed by atoms with E-state index in [-0.39, 0.29) is 22.5 Å². The third-order valence-corrected chi connectivity index (χ3v) is 4.11. The quantitative estimate of drug-likeness (QED) is 0.534. The van der Waals surface area contributed by atoms with Crippen molar-refractivity contribution in [3.63, 3.8) is 0 Å². The number of hydrogen-bond acceptors (Lipinski definition) is 4. The van der Waals surface area contributed by atoms with Crippen molar-refractivity contribution in [2.75, 3.05) is 11.5 Å². The molecule has 0 spiro atoms. The minimum atomic E-state index is -1.16. The summed E-state index contributed by atoms with van der Waals surface area (Å²) >= 11 is 0. The van der Waals surface area contributed by atoms with Crippen LogP contribution in [0.1, 0.15) is 20.7 Å². The van der Waals surface area contributed by atoms with E-state index in [0.717, 1.165) is 0 Å². The van der Waals surface area contributed by atoms with Crippen LogP contribution in [0.3, 0.4) is 0 Å². The van der Waals surface area contributed by atoms with E-state index >= 15 is 0 Å². The van der Waals surface area contributed by atoms with E-state index in [0.29, 0.717) is 22.3 Å². The molecule has 26 heavy (non-hydrogen) atoms. The van der Waals surface area contributed by atoms with Gasteiger partial charge >= 0.3 is 11.9 Å². The third kappa shape index (κ3) is 2.95. The summed E-state index contributed by atoms with van der Waals surface area (Å²) < 4.78 is 0. The molecule has 0 heterocycles. The molecular formula is C20H16N2O4. The molecule has 0 radical (unpaired) electrons. The molecule has 0 aliphatic heterocycles. The van der Waals surface area contributed by atoms with Crippen molar-refractivity contribution in [3.8, 4) is 22.3 Å². The predicted molar refractivity (Wildman–Crippen MR) is 100 cm³/mol. The first-order valence-corrected chi connectivity index (χ1v) is 7.74. The van der Waals surface area contributed by atoms with Crippen LogP contribution in [-0.2, 0) is 0 Å². The molecule has 0 aliphatic rings. The van der Waals surface area contributed by atoms with Gasteiger partial charge in [-0.2, -0.15) is 0 Å². The summed E-state index contributed by atoms with van der Waals surface area (Å²) in [7, 11) is 0. The van der Waals surface area contributed by atoms with Gasteiger partial charge in [0.25, 0.3) is 0 Å². The monoisotopic (exact) mass is 348 g/mol. The van der Waals surface area contributed by atoms with Gasteiger partial charge in [0.05, 0.1) is 11.1 Å². The van der Waals surface area contributed by atoms with Gasteiger partial charge in [0.15, 0.2) is 0 Å². The summed E-state index contributed by atoms with van der Waals surface area (Å²) in [6.45, 7) is 0. The number of nitrogens with two attached hydrogens (primary N) is 2. The Morgan fingerprint density at radius 3 is 2.00 bits per heavy atom. The first kappa shape index (κ1) is 17.0. The number of benzene rings is 3. The molecule has 0 aromatic heterocycles.